The van der Waals surface area contributed by atoms with Gasteiger partial charge in [-0.25, -0.2) is 4.79 Å². The molecule has 0 atom stereocenters. The molecule has 0 radical (unpaired) electrons. The molecule has 0 aliphatic rings. The van der Waals surface area contributed by atoms with Crippen LogP contribution in [0.1, 0.15) is 43.2 Å². The zero-order chi connectivity index (χ0) is 27.6. The predicted octanol–water partition coefficient (Wildman–Crippen LogP) is 7.59. The highest BCUT2D eigenvalue weighted by molar-refractivity contribution is 5.79. The maximum absolute atomic E-state index is 13.6. The van der Waals surface area contributed by atoms with E-state index in [0.717, 1.165) is 30.3 Å². The second-order valence-corrected chi connectivity index (χ2v) is 8.59. The molecular formula is C26H24F6O5. The van der Waals surface area contributed by atoms with Crippen LogP contribution in [0.5, 0.6) is 11.5 Å². The third-order valence-corrected chi connectivity index (χ3v) is 5.24. The number of alkyl halides is 6. The second-order valence-electron chi connectivity index (χ2n) is 8.59. The molecule has 3 aromatic rings. The maximum atomic E-state index is 13.6. The molecule has 1 heterocycles. The number of esters is 1. The summed E-state index contributed by atoms with van der Waals surface area (Å²) >= 11 is 0. The first-order valence-electron chi connectivity index (χ1n) is 11.1. The van der Waals surface area contributed by atoms with Crippen LogP contribution in [0.2, 0.25) is 0 Å². The molecule has 0 saturated heterocycles. The van der Waals surface area contributed by atoms with Crippen molar-refractivity contribution in [3.63, 3.8) is 0 Å². The molecule has 37 heavy (non-hydrogen) atoms. The molecule has 0 saturated carbocycles. The highest BCUT2D eigenvalue weighted by Gasteiger charge is 2.39. The van der Waals surface area contributed by atoms with Crippen LogP contribution in [0.15, 0.2) is 52.9 Å². The largest absolute Gasteiger partial charge is 0.489 e. The smallest absolute Gasteiger partial charge is 0.449 e. The van der Waals surface area contributed by atoms with Gasteiger partial charge in [0.1, 0.15) is 23.9 Å². The Morgan fingerprint density at radius 1 is 0.919 bits per heavy atom. The van der Waals surface area contributed by atoms with Crippen molar-refractivity contribution in [3.05, 3.63) is 71.0 Å². The molecule has 2 aromatic carbocycles. The number of halogens is 6. The highest BCUT2D eigenvalue weighted by Crippen LogP contribution is 2.39. The predicted molar refractivity (Wildman–Crippen MR) is 121 cm³/mol. The molecule has 0 aliphatic heterocycles. The molecule has 3 rings (SSSR count). The average molecular weight is 530 g/mol. The van der Waals surface area contributed by atoms with Crippen molar-refractivity contribution in [2.45, 2.75) is 52.3 Å². The van der Waals surface area contributed by atoms with Crippen LogP contribution in [-0.4, -0.2) is 18.2 Å². The third kappa shape index (κ3) is 6.78. The first-order valence-corrected chi connectivity index (χ1v) is 11.1. The first kappa shape index (κ1) is 27.9. The Bertz CT molecular complexity index is 1240. The first-order chi connectivity index (χ1) is 17.1. The molecule has 1 aromatic heterocycles. The van der Waals surface area contributed by atoms with Crippen molar-refractivity contribution in [2.75, 3.05) is 6.61 Å². The number of benzene rings is 2. The van der Waals surface area contributed by atoms with E-state index < -0.39 is 41.9 Å². The number of carbonyl (C=O) groups is 1. The lowest BCUT2D eigenvalue weighted by atomic mass is 10.1. The number of hydrogen-bond acceptors (Lipinski definition) is 5. The molecule has 0 unspecified atom stereocenters. The van der Waals surface area contributed by atoms with Gasteiger partial charge in [0.25, 0.3) is 0 Å². The van der Waals surface area contributed by atoms with Crippen LogP contribution in [0.25, 0.3) is 11.3 Å². The molecule has 11 heteroatoms. The van der Waals surface area contributed by atoms with Gasteiger partial charge in [-0.15, -0.1) is 0 Å². The van der Waals surface area contributed by atoms with Crippen molar-refractivity contribution in [1.29, 1.82) is 0 Å². The summed E-state index contributed by atoms with van der Waals surface area (Å²) in [6.45, 7) is 6.09. The van der Waals surface area contributed by atoms with Crippen molar-refractivity contribution >= 4 is 5.97 Å². The summed E-state index contributed by atoms with van der Waals surface area (Å²) in [5.41, 5.74) is -1.93. The van der Waals surface area contributed by atoms with E-state index in [1.807, 2.05) is 0 Å². The van der Waals surface area contributed by atoms with Gasteiger partial charge < -0.3 is 18.6 Å². The summed E-state index contributed by atoms with van der Waals surface area (Å²) in [6.07, 6.45) is -9.43. The van der Waals surface area contributed by atoms with E-state index >= 15 is 0 Å². The summed E-state index contributed by atoms with van der Waals surface area (Å²) in [5, 5.41) is 0. The van der Waals surface area contributed by atoms with E-state index in [0.29, 0.717) is 11.3 Å². The molecule has 5 nitrogen and oxygen atoms in total. The van der Waals surface area contributed by atoms with Gasteiger partial charge >= 0.3 is 18.3 Å². The van der Waals surface area contributed by atoms with Crippen molar-refractivity contribution in [3.8, 4) is 22.8 Å². The Morgan fingerprint density at radius 2 is 1.57 bits per heavy atom. The number of rotatable bonds is 8. The zero-order valence-electron chi connectivity index (χ0n) is 20.3. The van der Waals surface area contributed by atoms with Crippen LogP contribution in [0, 0.1) is 6.92 Å². The summed E-state index contributed by atoms with van der Waals surface area (Å²) in [4.78, 5) is 12.1. The quantitative estimate of drug-likeness (QED) is 0.222. The van der Waals surface area contributed by atoms with Crippen molar-refractivity contribution < 1.29 is 49.8 Å². The van der Waals surface area contributed by atoms with Gasteiger partial charge in [0.15, 0.2) is 5.60 Å². The average Bonchev–Trinajstić information content (AvgIpc) is 3.24. The number of furan rings is 1. The number of aryl methyl sites for hydroxylation is 1. The van der Waals surface area contributed by atoms with E-state index in [2.05, 4.69) is 0 Å². The Balaban J connectivity index is 1.79. The maximum Gasteiger partial charge on any atom is 0.449 e. The molecular weight excluding hydrogens is 506 g/mol. The number of carbonyl (C=O) groups excluding carboxylic acids is 1. The minimum Gasteiger partial charge on any atom is -0.489 e. The normalized spacial score (nSPS) is 12.4. The lowest BCUT2D eigenvalue weighted by molar-refractivity contribution is -0.158. The van der Waals surface area contributed by atoms with E-state index in [4.69, 9.17) is 18.6 Å². The lowest BCUT2D eigenvalue weighted by Crippen LogP contribution is -2.39. The lowest BCUT2D eigenvalue weighted by Gasteiger charge is -2.25. The van der Waals surface area contributed by atoms with E-state index in [9.17, 15) is 31.1 Å². The van der Waals surface area contributed by atoms with Gasteiger partial charge in [-0.2, -0.15) is 26.3 Å². The summed E-state index contributed by atoms with van der Waals surface area (Å²) in [5.74, 6) is -1.53. The molecule has 0 amide bonds. The van der Waals surface area contributed by atoms with Crippen LogP contribution < -0.4 is 9.47 Å². The Labute approximate surface area is 208 Å². The van der Waals surface area contributed by atoms with Gasteiger partial charge in [-0.05, 0) is 69.7 Å². The van der Waals surface area contributed by atoms with Crippen molar-refractivity contribution in [1.82, 2.24) is 0 Å². The van der Waals surface area contributed by atoms with Gasteiger partial charge in [0, 0.05) is 11.1 Å². The van der Waals surface area contributed by atoms with E-state index in [-0.39, 0.29) is 29.2 Å². The van der Waals surface area contributed by atoms with E-state index in [1.165, 1.54) is 18.2 Å². The molecule has 0 N–H and O–H groups in total. The summed E-state index contributed by atoms with van der Waals surface area (Å²) < 4.78 is 100. The Hall–Kier alpha value is -3.63. The molecule has 0 spiro atoms. The summed E-state index contributed by atoms with van der Waals surface area (Å²) in [6, 6.07) is 9.18. The van der Waals surface area contributed by atoms with Gasteiger partial charge in [-0.3, -0.25) is 0 Å². The molecule has 0 bridgehead atoms. The Morgan fingerprint density at radius 3 is 2.11 bits per heavy atom. The Kier molecular flexibility index (Phi) is 7.85. The minimum absolute atomic E-state index is 0.0475. The molecule has 0 fully saturated rings. The number of ether oxygens (including phenoxy) is 3. The highest BCUT2D eigenvalue weighted by atomic mass is 19.4. The monoisotopic (exact) mass is 530 g/mol. The van der Waals surface area contributed by atoms with Crippen LogP contribution in [-0.2, 0) is 28.5 Å². The van der Waals surface area contributed by atoms with Gasteiger partial charge in [0.2, 0.25) is 5.76 Å². The van der Waals surface area contributed by atoms with Gasteiger partial charge in [0.05, 0.1) is 12.2 Å². The third-order valence-electron chi connectivity index (χ3n) is 5.24. The minimum atomic E-state index is -4.85. The van der Waals surface area contributed by atoms with E-state index in [1.54, 1.807) is 27.7 Å². The van der Waals surface area contributed by atoms with Crippen molar-refractivity contribution in [2.24, 2.45) is 0 Å². The number of hydrogen-bond donors (Lipinski definition) is 0. The van der Waals surface area contributed by atoms with Crippen LogP contribution in [0.4, 0.5) is 26.3 Å². The molecule has 200 valence electrons. The fourth-order valence-electron chi connectivity index (χ4n) is 3.35. The summed E-state index contributed by atoms with van der Waals surface area (Å²) in [7, 11) is 0. The second kappa shape index (κ2) is 10.4. The fraction of sp³-hybridized carbons (Fsp3) is 0.346. The topological polar surface area (TPSA) is 57.9 Å². The van der Waals surface area contributed by atoms with Crippen LogP contribution >= 0.6 is 0 Å². The SMILES string of the molecule is CCOC(=O)C(C)(C)Oc1ccc(OCc2cc(-c3ccc(C(F)(F)F)cc3)oc2C(F)(F)F)cc1C. The van der Waals surface area contributed by atoms with Gasteiger partial charge in [-0.1, -0.05) is 12.1 Å². The molecule has 0 aliphatic carbocycles. The standard InChI is InChI=1S/C26H24F6O5/c1-5-34-23(33)24(3,4)37-20-11-10-19(12-15(20)2)35-14-17-13-21(36-22(17)26(30,31)32)16-6-8-18(9-7-16)25(27,28)29/h6-13H,5,14H2,1-4H3. The fourth-order valence-corrected chi connectivity index (χ4v) is 3.35. The zero-order valence-corrected chi connectivity index (χ0v) is 20.3. The van der Waals surface area contributed by atoms with Crippen LogP contribution in [0.3, 0.4) is 0 Å².